The van der Waals surface area contributed by atoms with Gasteiger partial charge in [-0.15, -0.1) is 0 Å². The highest BCUT2D eigenvalue weighted by Gasteiger charge is 2.52. The summed E-state index contributed by atoms with van der Waals surface area (Å²) < 4.78 is 0. The van der Waals surface area contributed by atoms with Gasteiger partial charge >= 0.3 is 0 Å². The fraction of sp³-hybridized carbons (Fsp3) is 0.263. The van der Waals surface area contributed by atoms with Gasteiger partial charge in [0.25, 0.3) is 0 Å². The van der Waals surface area contributed by atoms with Gasteiger partial charge in [-0.1, -0.05) is 59.7 Å². The zero-order valence-electron chi connectivity index (χ0n) is 10.9. The van der Waals surface area contributed by atoms with Gasteiger partial charge in [-0.25, -0.2) is 0 Å². The largest absolute Gasteiger partial charge is 0.0697 e. The SMILES string of the molecule is c1ccc2c(c1)-c1ccccc1C1C(=C3CCC3)C21. The minimum Gasteiger partial charge on any atom is -0.0697 e. The molecule has 0 nitrogen and oxygen atoms in total. The third-order valence-electron chi connectivity index (χ3n) is 5.14. The summed E-state index contributed by atoms with van der Waals surface area (Å²) in [6.07, 6.45) is 4.11. The summed E-state index contributed by atoms with van der Waals surface area (Å²) in [5, 5.41) is 0. The van der Waals surface area contributed by atoms with Crippen LogP contribution in [0.5, 0.6) is 0 Å². The number of allylic oxidation sites excluding steroid dienone is 2. The van der Waals surface area contributed by atoms with Gasteiger partial charge in [0, 0.05) is 11.8 Å². The molecule has 0 aromatic heterocycles. The molecule has 0 N–H and O–H groups in total. The molecule has 0 heteroatoms. The van der Waals surface area contributed by atoms with Crippen LogP contribution in [-0.4, -0.2) is 0 Å². The van der Waals surface area contributed by atoms with Crippen LogP contribution in [0, 0.1) is 0 Å². The lowest BCUT2D eigenvalue weighted by molar-refractivity contribution is 0.657. The van der Waals surface area contributed by atoms with Gasteiger partial charge in [0.1, 0.15) is 0 Å². The number of fused-ring (bicyclic) bond motifs is 6. The molecule has 0 radical (unpaired) electrons. The van der Waals surface area contributed by atoms with Crippen molar-refractivity contribution in [3.63, 3.8) is 0 Å². The lowest BCUT2D eigenvalue weighted by Crippen LogP contribution is -1.98. The fourth-order valence-electron chi connectivity index (χ4n) is 4.07. The molecule has 0 saturated heterocycles. The second-order valence-corrected chi connectivity index (χ2v) is 6.04. The van der Waals surface area contributed by atoms with Gasteiger partial charge < -0.3 is 0 Å². The smallest absolute Gasteiger partial charge is 0.0170 e. The molecular weight excluding hydrogens is 228 g/mol. The van der Waals surface area contributed by atoms with Crippen molar-refractivity contribution in [3.8, 4) is 11.1 Å². The van der Waals surface area contributed by atoms with Crippen LogP contribution in [-0.2, 0) is 0 Å². The summed E-state index contributed by atoms with van der Waals surface area (Å²) in [7, 11) is 0. The van der Waals surface area contributed by atoms with Crippen LogP contribution in [0.2, 0.25) is 0 Å². The van der Waals surface area contributed by atoms with E-state index in [2.05, 4.69) is 48.5 Å². The van der Waals surface area contributed by atoms with Crippen LogP contribution < -0.4 is 0 Å². The molecule has 2 unspecified atom stereocenters. The average Bonchev–Trinajstić information content (AvgIpc) is 3.13. The van der Waals surface area contributed by atoms with E-state index >= 15 is 0 Å². The first kappa shape index (κ1) is 10.0. The van der Waals surface area contributed by atoms with E-state index in [4.69, 9.17) is 0 Å². The summed E-state index contributed by atoms with van der Waals surface area (Å²) in [6.45, 7) is 0. The van der Waals surface area contributed by atoms with E-state index in [1.54, 1.807) is 22.3 Å². The van der Waals surface area contributed by atoms with Crippen molar-refractivity contribution in [1.29, 1.82) is 0 Å². The van der Waals surface area contributed by atoms with Crippen LogP contribution in [0.3, 0.4) is 0 Å². The minimum atomic E-state index is 0.710. The fourth-order valence-corrected chi connectivity index (χ4v) is 4.07. The van der Waals surface area contributed by atoms with Crippen LogP contribution >= 0.6 is 0 Å². The first-order valence-corrected chi connectivity index (χ1v) is 7.35. The predicted octanol–water partition coefficient (Wildman–Crippen LogP) is 5.03. The number of hydrogen-bond donors (Lipinski definition) is 0. The van der Waals surface area contributed by atoms with E-state index in [-0.39, 0.29) is 0 Å². The van der Waals surface area contributed by atoms with Gasteiger partial charge in [0.15, 0.2) is 0 Å². The Hall–Kier alpha value is -1.82. The van der Waals surface area contributed by atoms with Crippen molar-refractivity contribution in [2.75, 3.05) is 0 Å². The first-order valence-electron chi connectivity index (χ1n) is 7.35. The maximum absolute atomic E-state index is 2.34. The molecule has 3 aliphatic rings. The Balaban J connectivity index is 1.81. The molecule has 2 fully saturated rings. The maximum atomic E-state index is 2.34. The highest BCUT2D eigenvalue weighted by Crippen LogP contribution is 2.68. The Morgan fingerprint density at radius 1 is 0.684 bits per heavy atom. The van der Waals surface area contributed by atoms with Crippen LogP contribution in [0.25, 0.3) is 11.1 Å². The zero-order chi connectivity index (χ0) is 12.4. The normalized spacial score (nSPS) is 26.1. The van der Waals surface area contributed by atoms with Gasteiger partial charge in [0.2, 0.25) is 0 Å². The molecule has 2 aromatic rings. The second kappa shape index (κ2) is 3.39. The van der Waals surface area contributed by atoms with Gasteiger partial charge in [-0.05, 0) is 41.5 Å². The number of benzene rings is 2. The third kappa shape index (κ3) is 1.19. The quantitative estimate of drug-likeness (QED) is 0.570. The molecular formula is C19H16. The molecule has 0 spiro atoms. The van der Waals surface area contributed by atoms with Gasteiger partial charge in [0.05, 0.1) is 0 Å². The van der Waals surface area contributed by atoms with Crippen LogP contribution in [0.1, 0.15) is 42.2 Å². The molecule has 0 amide bonds. The van der Waals surface area contributed by atoms with E-state index in [1.165, 1.54) is 30.4 Å². The summed E-state index contributed by atoms with van der Waals surface area (Å²) in [6, 6.07) is 18.0. The van der Waals surface area contributed by atoms with Crippen LogP contribution in [0.4, 0.5) is 0 Å². The van der Waals surface area contributed by atoms with E-state index in [9.17, 15) is 0 Å². The zero-order valence-corrected chi connectivity index (χ0v) is 10.9. The van der Waals surface area contributed by atoms with Crippen molar-refractivity contribution in [2.24, 2.45) is 0 Å². The maximum Gasteiger partial charge on any atom is 0.0170 e. The van der Waals surface area contributed by atoms with E-state index < -0.39 is 0 Å². The second-order valence-electron chi connectivity index (χ2n) is 6.04. The Morgan fingerprint density at radius 2 is 1.21 bits per heavy atom. The topological polar surface area (TPSA) is 0 Å². The van der Waals surface area contributed by atoms with E-state index in [0.717, 1.165) is 0 Å². The Morgan fingerprint density at radius 3 is 1.68 bits per heavy atom. The molecule has 0 aliphatic heterocycles. The highest BCUT2D eigenvalue weighted by atomic mass is 14.5. The van der Waals surface area contributed by atoms with Crippen LogP contribution in [0.15, 0.2) is 59.7 Å². The molecule has 0 bridgehead atoms. The molecule has 0 heterocycles. The standard InChI is InChI=1S/C19H16/c1-3-10-15-13(8-1)14-9-2-4-11-16(14)19-17(18(15)19)12-6-5-7-12/h1-4,8-11,18-19H,5-7H2. The average molecular weight is 244 g/mol. The predicted molar refractivity (Wildman–Crippen MR) is 78.2 cm³/mol. The van der Waals surface area contributed by atoms with Crippen molar-refractivity contribution >= 4 is 0 Å². The molecule has 92 valence electrons. The first-order chi connectivity index (χ1) is 9.45. The van der Waals surface area contributed by atoms with Gasteiger partial charge in [-0.3, -0.25) is 0 Å². The molecule has 2 saturated carbocycles. The Kier molecular flexibility index (Phi) is 1.79. The molecule has 5 rings (SSSR count). The summed E-state index contributed by atoms with van der Waals surface area (Å²) >= 11 is 0. The monoisotopic (exact) mass is 244 g/mol. The van der Waals surface area contributed by atoms with Gasteiger partial charge in [-0.2, -0.15) is 0 Å². The van der Waals surface area contributed by atoms with Crippen molar-refractivity contribution in [1.82, 2.24) is 0 Å². The molecule has 2 atom stereocenters. The Bertz CT molecular complexity index is 661. The lowest BCUT2D eigenvalue weighted by atomic mass is 9.86. The van der Waals surface area contributed by atoms with Crippen molar-refractivity contribution in [2.45, 2.75) is 31.1 Å². The minimum absolute atomic E-state index is 0.710. The highest BCUT2D eigenvalue weighted by molar-refractivity contribution is 5.82. The van der Waals surface area contributed by atoms with Crippen molar-refractivity contribution in [3.05, 3.63) is 70.8 Å². The van der Waals surface area contributed by atoms with E-state index in [1.807, 2.05) is 0 Å². The Labute approximate surface area is 113 Å². The molecule has 19 heavy (non-hydrogen) atoms. The third-order valence-corrected chi connectivity index (χ3v) is 5.14. The lowest BCUT2D eigenvalue weighted by Gasteiger charge is -2.18. The summed E-state index contributed by atoms with van der Waals surface area (Å²) in [5.74, 6) is 1.42. The van der Waals surface area contributed by atoms with E-state index in [0.29, 0.717) is 11.8 Å². The van der Waals surface area contributed by atoms with Crippen molar-refractivity contribution < 1.29 is 0 Å². The summed E-state index contributed by atoms with van der Waals surface area (Å²) in [4.78, 5) is 0. The molecule has 3 aliphatic carbocycles. The molecule has 2 aromatic carbocycles. The number of rotatable bonds is 0. The summed E-state index contributed by atoms with van der Waals surface area (Å²) in [5.41, 5.74) is 9.61. The number of hydrogen-bond acceptors (Lipinski definition) is 0.